The summed E-state index contributed by atoms with van der Waals surface area (Å²) in [5, 5.41) is 6.58. The standard InChI is InChI=1S/C3H6N2OS/c1-7-3(5)2(4)6/h5H,1H3,(H2,4,6). The Kier molecular flexibility index (Phi) is 2.44. The molecule has 1 amide bonds. The molecule has 0 aromatic heterocycles. The molecule has 40 valence electrons. The van der Waals surface area contributed by atoms with Gasteiger partial charge in [0.1, 0.15) is 0 Å². The van der Waals surface area contributed by atoms with Crippen molar-refractivity contribution in [2.75, 3.05) is 6.26 Å². The van der Waals surface area contributed by atoms with Crippen molar-refractivity contribution in [3.05, 3.63) is 0 Å². The lowest BCUT2D eigenvalue weighted by Crippen LogP contribution is -2.18. The Hall–Kier alpha value is -0.510. The predicted molar refractivity (Wildman–Crippen MR) is 30.4 cm³/mol. The highest BCUT2D eigenvalue weighted by Crippen LogP contribution is 1.91. The van der Waals surface area contributed by atoms with Crippen LogP contribution in [-0.4, -0.2) is 17.2 Å². The maximum Gasteiger partial charge on any atom is 0.273 e. The first-order valence-electron chi connectivity index (χ1n) is 1.61. The number of amides is 1. The minimum Gasteiger partial charge on any atom is -0.364 e. The van der Waals surface area contributed by atoms with Gasteiger partial charge in [-0.25, -0.2) is 0 Å². The molecule has 0 aliphatic heterocycles. The van der Waals surface area contributed by atoms with Gasteiger partial charge < -0.3 is 5.73 Å². The predicted octanol–water partition coefficient (Wildman–Crippen LogP) is -0.188. The van der Waals surface area contributed by atoms with E-state index in [9.17, 15) is 4.79 Å². The molecular formula is C3H6N2OS. The molecule has 0 atom stereocenters. The molecule has 0 aliphatic rings. The van der Waals surface area contributed by atoms with E-state index in [2.05, 4.69) is 5.73 Å². The van der Waals surface area contributed by atoms with Crippen molar-refractivity contribution in [2.45, 2.75) is 0 Å². The lowest BCUT2D eigenvalue weighted by Gasteiger charge is -1.86. The van der Waals surface area contributed by atoms with Crippen LogP contribution in [0.25, 0.3) is 0 Å². The molecule has 0 aliphatic carbocycles. The van der Waals surface area contributed by atoms with Crippen molar-refractivity contribution in [1.29, 1.82) is 5.41 Å². The van der Waals surface area contributed by atoms with Crippen molar-refractivity contribution >= 4 is 22.7 Å². The average molecular weight is 118 g/mol. The third-order valence-corrected chi connectivity index (χ3v) is 1.04. The monoisotopic (exact) mass is 118 g/mol. The van der Waals surface area contributed by atoms with E-state index < -0.39 is 5.91 Å². The number of hydrogen-bond donors (Lipinski definition) is 2. The van der Waals surface area contributed by atoms with Crippen molar-refractivity contribution in [1.82, 2.24) is 0 Å². The summed E-state index contributed by atoms with van der Waals surface area (Å²) in [6.07, 6.45) is 1.63. The Morgan fingerprint density at radius 1 is 1.86 bits per heavy atom. The van der Waals surface area contributed by atoms with Gasteiger partial charge >= 0.3 is 0 Å². The Morgan fingerprint density at radius 3 is 2.29 bits per heavy atom. The zero-order chi connectivity index (χ0) is 5.86. The summed E-state index contributed by atoms with van der Waals surface area (Å²) in [5.41, 5.74) is 4.66. The second-order valence-electron chi connectivity index (χ2n) is 0.897. The van der Waals surface area contributed by atoms with Crippen LogP contribution in [0.2, 0.25) is 0 Å². The Morgan fingerprint density at radius 2 is 2.29 bits per heavy atom. The molecule has 0 saturated carbocycles. The molecule has 0 fully saturated rings. The largest absolute Gasteiger partial charge is 0.364 e. The van der Waals surface area contributed by atoms with Gasteiger partial charge in [-0.2, -0.15) is 0 Å². The van der Waals surface area contributed by atoms with Crippen LogP contribution >= 0.6 is 11.8 Å². The SMILES string of the molecule is CSC(=N)C(N)=O. The van der Waals surface area contributed by atoms with Crippen LogP contribution in [0.1, 0.15) is 0 Å². The molecule has 0 aromatic rings. The van der Waals surface area contributed by atoms with E-state index in [0.29, 0.717) is 0 Å². The van der Waals surface area contributed by atoms with Gasteiger partial charge in [0, 0.05) is 0 Å². The maximum absolute atomic E-state index is 9.91. The molecule has 7 heavy (non-hydrogen) atoms. The van der Waals surface area contributed by atoms with Crippen molar-refractivity contribution in [2.24, 2.45) is 5.73 Å². The van der Waals surface area contributed by atoms with Gasteiger partial charge in [-0.05, 0) is 6.26 Å². The third-order valence-electron chi connectivity index (χ3n) is 0.428. The van der Waals surface area contributed by atoms with E-state index in [1.165, 1.54) is 0 Å². The van der Waals surface area contributed by atoms with Gasteiger partial charge in [-0.3, -0.25) is 10.2 Å². The van der Waals surface area contributed by atoms with Crippen LogP contribution in [0, 0.1) is 5.41 Å². The summed E-state index contributed by atoms with van der Waals surface area (Å²) < 4.78 is 0. The van der Waals surface area contributed by atoms with E-state index in [4.69, 9.17) is 5.41 Å². The van der Waals surface area contributed by atoms with E-state index in [-0.39, 0.29) is 5.04 Å². The quantitative estimate of drug-likeness (QED) is 0.342. The molecule has 0 spiro atoms. The highest BCUT2D eigenvalue weighted by Gasteiger charge is 1.97. The summed E-state index contributed by atoms with van der Waals surface area (Å²) in [5.74, 6) is -0.660. The molecule has 0 rings (SSSR count). The second-order valence-corrected chi connectivity index (χ2v) is 1.71. The van der Waals surface area contributed by atoms with Gasteiger partial charge in [-0.1, -0.05) is 0 Å². The summed E-state index contributed by atoms with van der Waals surface area (Å²) in [6, 6.07) is 0. The average Bonchev–Trinajstić information content (AvgIpc) is 1.65. The molecule has 0 aromatic carbocycles. The topological polar surface area (TPSA) is 66.9 Å². The second kappa shape index (κ2) is 2.63. The molecule has 0 bridgehead atoms. The van der Waals surface area contributed by atoms with Gasteiger partial charge in [-0.15, -0.1) is 11.8 Å². The minimum absolute atomic E-state index is 0.0972. The summed E-state index contributed by atoms with van der Waals surface area (Å²) in [4.78, 5) is 9.91. The van der Waals surface area contributed by atoms with E-state index in [0.717, 1.165) is 11.8 Å². The van der Waals surface area contributed by atoms with Crippen LogP contribution in [-0.2, 0) is 4.79 Å². The Balaban J connectivity index is 3.58. The number of primary amides is 1. The number of carbonyl (C=O) groups is 1. The highest BCUT2D eigenvalue weighted by atomic mass is 32.2. The normalized spacial score (nSPS) is 8.14. The zero-order valence-electron chi connectivity index (χ0n) is 3.89. The number of carbonyl (C=O) groups excluding carboxylic acids is 1. The fourth-order valence-corrected chi connectivity index (χ4v) is 0.302. The molecule has 0 radical (unpaired) electrons. The molecule has 0 unspecified atom stereocenters. The number of nitrogens with two attached hydrogens (primary N) is 1. The molecule has 0 saturated heterocycles. The van der Waals surface area contributed by atoms with Crippen LogP contribution in [0.3, 0.4) is 0 Å². The Labute approximate surface area is 45.8 Å². The van der Waals surface area contributed by atoms with E-state index >= 15 is 0 Å². The molecule has 0 heterocycles. The molecule has 3 N–H and O–H groups in total. The van der Waals surface area contributed by atoms with Crippen molar-refractivity contribution in [3.8, 4) is 0 Å². The number of nitrogens with one attached hydrogen (secondary N) is 1. The van der Waals surface area contributed by atoms with Crippen molar-refractivity contribution < 1.29 is 4.79 Å². The zero-order valence-corrected chi connectivity index (χ0v) is 4.71. The number of rotatable bonds is 0. The third kappa shape index (κ3) is 2.22. The molecule has 4 heteroatoms. The molecular weight excluding hydrogens is 112 g/mol. The molecule has 3 nitrogen and oxygen atoms in total. The first-order valence-corrected chi connectivity index (χ1v) is 2.83. The van der Waals surface area contributed by atoms with E-state index in [1.54, 1.807) is 6.26 Å². The first-order chi connectivity index (χ1) is 3.18. The van der Waals surface area contributed by atoms with Crippen LogP contribution < -0.4 is 5.73 Å². The fraction of sp³-hybridized carbons (Fsp3) is 0.333. The smallest absolute Gasteiger partial charge is 0.273 e. The summed E-state index contributed by atoms with van der Waals surface area (Å²) >= 11 is 1.04. The lowest BCUT2D eigenvalue weighted by molar-refractivity contribution is -0.111. The minimum atomic E-state index is -0.660. The van der Waals surface area contributed by atoms with Crippen LogP contribution in [0.15, 0.2) is 0 Å². The van der Waals surface area contributed by atoms with Crippen LogP contribution in [0.5, 0.6) is 0 Å². The number of thioether (sulfide) groups is 1. The van der Waals surface area contributed by atoms with Gasteiger partial charge in [0.25, 0.3) is 5.91 Å². The summed E-state index contributed by atoms with van der Waals surface area (Å²) in [7, 11) is 0. The summed E-state index contributed by atoms with van der Waals surface area (Å²) in [6.45, 7) is 0. The van der Waals surface area contributed by atoms with Crippen molar-refractivity contribution in [3.63, 3.8) is 0 Å². The van der Waals surface area contributed by atoms with Crippen LogP contribution in [0.4, 0.5) is 0 Å². The van der Waals surface area contributed by atoms with Gasteiger partial charge in [0.2, 0.25) is 0 Å². The fourth-order valence-electron chi connectivity index (χ4n) is 0.101. The van der Waals surface area contributed by atoms with Gasteiger partial charge in [0.05, 0.1) is 0 Å². The highest BCUT2D eigenvalue weighted by molar-refractivity contribution is 8.15. The maximum atomic E-state index is 9.91. The lowest BCUT2D eigenvalue weighted by atomic mass is 10.7. The van der Waals surface area contributed by atoms with E-state index in [1.807, 2.05) is 0 Å². The number of hydrogen-bond acceptors (Lipinski definition) is 3. The Bertz CT molecular complexity index is 101. The van der Waals surface area contributed by atoms with Gasteiger partial charge in [0.15, 0.2) is 5.04 Å². The first kappa shape index (κ1) is 6.49.